The van der Waals surface area contributed by atoms with Crippen LogP contribution in [0.15, 0.2) is 60.7 Å². The lowest BCUT2D eigenvalue weighted by atomic mass is 10.1. The number of hydrogen-bond acceptors (Lipinski definition) is 2. The molecule has 3 nitrogen and oxygen atoms in total. The van der Waals surface area contributed by atoms with Gasteiger partial charge in [0.2, 0.25) is 0 Å². The molecule has 142 valence electrons. The fourth-order valence-corrected chi connectivity index (χ4v) is 3.84. The van der Waals surface area contributed by atoms with E-state index in [9.17, 15) is 0 Å². The van der Waals surface area contributed by atoms with Gasteiger partial charge in [-0.25, -0.2) is 4.98 Å². The second kappa shape index (κ2) is 7.51. The summed E-state index contributed by atoms with van der Waals surface area (Å²) in [6, 6.07) is 21.1. The summed E-state index contributed by atoms with van der Waals surface area (Å²) < 4.78 is 8.46. The Hall–Kier alpha value is -3.07. The SMILES string of the molecule is Cc1ccc(-c2nc3ccccc3n2CCOc2c(C)cccc2C)c(C)c1. The van der Waals surface area contributed by atoms with Crippen molar-refractivity contribution >= 4 is 11.0 Å². The van der Waals surface area contributed by atoms with E-state index in [0.29, 0.717) is 6.61 Å². The Bertz CT molecular complexity index is 1120. The van der Waals surface area contributed by atoms with Crippen LogP contribution >= 0.6 is 0 Å². The van der Waals surface area contributed by atoms with Crippen molar-refractivity contribution < 1.29 is 4.74 Å². The second-order valence-corrected chi connectivity index (χ2v) is 7.46. The van der Waals surface area contributed by atoms with Crippen LogP contribution in [-0.2, 0) is 6.54 Å². The molecule has 0 spiro atoms. The number of aryl methyl sites for hydroxylation is 4. The van der Waals surface area contributed by atoms with Gasteiger partial charge in [-0.15, -0.1) is 0 Å². The number of benzene rings is 3. The monoisotopic (exact) mass is 370 g/mol. The zero-order valence-corrected chi connectivity index (χ0v) is 17.0. The molecule has 0 saturated carbocycles. The summed E-state index contributed by atoms with van der Waals surface area (Å²) in [5.41, 5.74) is 8.19. The van der Waals surface area contributed by atoms with E-state index in [4.69, 9.17) is 9.72 Å². The molecule has 0 amide bonds. The van der Waals surface area contributed by atoms with Gasteiger partial charge in [-0.2, -0.15) is 0 Å². The first kappa shape index (κ1) is 18.3. The molecule has 0 bridgehead atoms. The van der Waals surface area contributed by atoms with E-state index in [1.165, 1.54) is 27.8 Å². The van der Waals surface area contributed by atoms with Crippen LogP contribution in [0.25, 0.3) is 22.4 Å². The molecular formula is C25H26N2O. The van der Waals surface area contributed by atoms with E-state index in [0.717, 1.165) is 29.2 Å². The third-order valence-corrected chi connectivity index (χ3v) is 5.25. The molecule has 0 N–H and O–H groups in total. The first-order valence-electron chi connectivity index (χ1n) is 9.76. The van der Waals surface area contributed by atoms with E-state index in [1.54, 1.807) is 0 Å². The Morgan fingerprint density at radius 2 is 1.57 bits per heavy atom. The number of para-hydroxylation sites is 3. The molecule has 0 saturated heterocycles. The number of aromatic nitrogens is 2. The molecule has 28 heavy (non-hydrogen) atoms. The Morgan fingerprint density at radius 3 is 2.32 bits per heavy atom. The van der Waals surface area contributed by atoms with Crippen molar-refractivity contribution in [3.05, 3.63) is 82.9 Å². The fraction of sp³-hybridized carbons (Fsp3) is 0.240. The van der Waals surface area contributed by atoms with Gasteiger partial charge in [0, 0.05) is 5.56 Å². The predicted molar refractivity (Wildman–Crippen MR) is 116 cm³/mol. The van der Waals surface area contributed by atoms with Gasteiger partial charge >= 0.3 is 0 Å². The van der Waals surface area contributed by atoms with Crippen LogP contribution in [0.1, 0.15) is 22.3 Å². The molecule has 1 aromatic heterocycles. The van der Waals surface area contributed by atoms with Crippen molar-refractivity contribution in [2.75, 3.05) is 6.61 Å². The zero-order valence-electron chi connectivity index (χ0n) is 17.0. The summed E-state index contributed by atoms with van der Waals surface area (Å²) >= 11 is 0. The Labute approximate surface area is 166 Å². The summed E-state index contributed by atoms with van der Waals surface area (Å²) in [6.45, 7) is 9.81. The van der Waals surface area contributed by atoms with E-state index in [-0.39, 0.29) is 0 Å². The van der Waals surface area contributed by atoms with Crippen molar-refractivity contribution in [3.8, 4) is 17.1 Å². The highest BCUT2D eigenvalue weighted by Crippen LogP contribution is 2.28. The summed E-state index contributed by atoms with van der Waals surface area (Å²) in [7, 11) is 0. The summed E-state index contributed by atoms with van der Waals surface area (Å²) in [6.07, 6.45) is 0. The van der Waals surface area contributed by atoms with Crippen LogP contribution < -0.4 is 4.74 Å². The molecule has 0 fully saturated rings. The number of rotatable bonds is 5. The second-order valence-electron chi connectivity index (χ2n) is 7.46. The standard InChI is InChI=1S/C25H26N2O/c1-17-12-13-21(20(4)16-17)25-26-22-10-5-6-11-23(22)27(25)14-15-28-24-18(2)8-7-9-19(24)3/h5-13,16H,14-15H2,1-4H3. The smallest absolute Gasteiger partial charge is 0.141 e. The van der Waals surface area contributed by atoms with Gasteiger partial charge < -0.3 is 9.30 Å². The van der Waals surface area contributed by atoms with E-state index in [2.05, 4.69) is 86.9 Å². The number of nitrogens with zero attached hydrogens (tertiary/aromatic N) is 2. The van der Waals surface area contributed by atoms with Crippen molar-refractivity contribution in [3.63, 3.8) is 0 Å². The quantitative estimate of drug-likeness (QED) is 0.430. The van der Waals surface area contributed by atoms with Gasteiger partial charge in [-0.05, 0) is 56.5 Å². The van der Waals surface area contributed by atoms with Crippen LogP contribution in [0.3, 0.4) is 0 Å². The van der Waals surface area contributed by atoms with Crippen molar-refractivity contribution in [1.82, 2.24) is 9.55 Å². The molecule has 0 aliphatic carbocycles. The molecule has 0 aliphatic heterocycles. The van der Waals surface area contributed by atoms with Crippen LogP contribution in [0, 0.1) is 27.7 Å². The molecule has 0 unspecified atom stereocenters. The first-order chi connectivity index (χ1) is 13.5. The van der Waals surface area contributed by atoms with Crippen LogP contribution in [0.5, 0.6) is 5.75 Å². The van der Waals surface area contributed by atoms with Crippen molar-refractivity contribution in [1.29, 1.82) is 0 Å². The van der Waals surface area contributed by atoms with Crippen LogP contribution in [-0.4, -0.2) is 16.2 Å². The molecule has 1 heterocycles. The molecule has 3 aromatic carbocycles. The lowest BCUT2D eigenvalue weighted by Crippen LogP contribution is -2.11. The van der Waals surface area contributed by atoms with Crippen molar-refractivity contribution in [2.24, 2.45) is 0 Å². The minimum absolute atomic E-state index is 0.601. The maximum atomic E-state index is 6.18. The summed E-state index contributed by atoms with van der Waals surface area (Å²) in [5.74, 6) is 1.99. The topological polar surface area (TPSA) is 27.1 Å². The molecule has 0 aliphatic rings. The number of ether oxygens (including phenoxy) is 1. The van der Waals surface area contributed by atoms with E-state index < -0.39 is 0 Å². The van der Waals surface area contributed by atoms with Gasteiger partial charge in [0.15, 0.2) is 0 Å². The largest absolute Gasteiger partial charge is 0.491 e. The lowest BCUT2D eigenvalue weighted by molar-refractivity contribution is 0.297. The molecule has 0 radical (unpaired) electrons. The molecule has 0 atom stereocenters. The summed E-state index contributed by atoms with van der Waals surface area (Å²) in [5, 5.41) is 0. The average Bonchev–Trinajstić information content (AvgIpc) is 3.02. The van der Waals surface area contributed by atoms with Gasteiger partial charge in [0.05, 0.1) is 17.6 Å². The Balaban J connectivity index is 1.69. The highest BCUT2D eigenvalue weighted by Gasteiger charge is 2.14. The van der Waals surface area contributed by atoms with E-state index in [1.807, 2.05) is 6.07 Å². The predicted octanol–water partition coefficient (Wildman–Crippen LogP) is 6.02. The third kappa shape index (κ3) is 3.40. The molecule has 3 heteroatoms. The minimum Gasteiger partial charge on any atom is -0.491 e. The maximum Gasteiger partial charge on any atom is 0.141 e. The molecule has 4 aromatic rings. The Kier molecular flexibility index (Phi) is 4.91. The van der Waals surface area contributed by atoms with Crippen molar-refractivity contribution in [2.45, 2.75) is 34.2 Å². The summed E-state index contributed by atoms with van der Waals surface area (Å²) in [4.78, 5) is 4.94. The minimum atomic E-state index is 0.601. The molecular weight excluding hydrogens is 344 g/mol. The maximum absolute atomic E-state index is 6.18. The van der Waals surface area contributed by atoms with Gasteiger partial charge in [-0.1, -0.05) is 54.1 Å². The molecule has 4 rings (SSSR count). The lowest BCUT2D eigenvalue weighted by Gasteiger charge is -2.15. The fourth-order valence-electron chi connectivity index (χ4n) is 3.84. The Morgan fingerprint density at radius 1 is 0.821 bits per heavy atom. The van der Waals surface area contributed by atoms with Gasteiger partial charge in [-0.3, -0.25) is 0 Å². The van der Waals surface area contributed by atoms with Crippen LogP contribution in [0.4, 0.5) is 0 Å². The number of imidazole rings is 1. The average molecular weight is 370 g/mol. The normalized spacial score (nSPS) is 11.1. The van der Waals surface area contributed by atoms with E-state index >= 15 is 0 Å². The van der Waals surface area contributed by atoms with Gasteiger partial charge in [0.25, 0.3) is 0 Å². The highest BCUT2D eigenvalue weighted by molar-refractivity contribution is 5.81. The third-order valence-electron chi connectivity index (χ3n) is 5.25. The number of hydrogen-bond donors (Lipinski definition) is 0. The first-order valence-corrected chi connectivity index (χ1v) is 9.76. The zero-order chi connectivity index (χ0) is 19.7. The van der Waals surface area contributed by atoms with Crippen LogP contribution in [0.2, 0.25) is 0 Å². The highest BCUT2D eigenvalue weighted by atomic mass is 16.5. The number of fused-ring (bicyclic) bond motifs is 1. The van der Waals surface area contributed by atoms with Gasteiger partial charge in [0.1, 0.15) is 18.2 Å².